The van der Waals surface area contributed by atoms with Crippen LogP contribution in [0.5, 0.6) is 0 Å². The van der Waals surface area contributed by atoms with Crippen molar-refractivity contribution in [2.75, 3.05) is 6.54 Å². The van der Waals surface area contributed by atoms with Gasteiger partial charge in [0.25, 0.3) is 5.91 Å². The lowest BCUT2D eigenvalue weighted by Crippen LogP contribution is -2.61. The van der Waals surface area contributed by atoms with E-state index in [2.05, 4.69) is 21.0 Å². The minimum Gasteiger partial charge on any atom is -0.480 e. The zero-order valence-corrected chi connectivity index (χ0v) is 25.2. The molecule has 4 atom stereocenters. The lowest BCUT2D eigenvalue weighted by atomic mass is 9.89. The first kappa shape index (κ1) is 34.5. The second-order valence-corrected chi connectivity index (χ2v) is 11.8. The fourth-order valence-electron chi connectivity index (χ4n) is 4.56. The lowest BCUT2D eigenvalue weighted by molar-refractivity contribution is -0.150. The topological polar surface area (TPSA) is 167 Å². The standard InChI is InChI=1S/C30H39F3N6O5/c1-16(2)23(25(40)35-17(3)26(41)39-14-6-7-21(38-39)27(42)43)37-28(44)29(4,5)13-12-18-8-9-19-10-11-20(36-22(19)15-18)24(34)30(31,32)33/h8-13,15-17,21,23-24,38H,6-7,14,34H2,1-5H3,(H,35,40)(H,37,44)(H,42,43)/b13-12+/t17-,21-,23-,24-/m0/s1. The third kappa shape index (κ3) is 8.53. The van der Waals surface area contributed by atoms with Crippen LogP contribution in [-0.4, -0.2) is 69.6 Å². The molecule has 1 saturated heterocycles. The van der Waals surface area contributed by atoms with Gasteiger partial charge in [-0.25, -0.2) is 5.43 Å². The van der Waals surface area contributed by atoms with E-state index in [4.69, 9.17) is 5.73 Å². The summed E-state index contributed by atoms with van der Waals surface area (Å²) in [6.07, 6.45) is -0.521. The number of carbonyl (C=O) groups is 4. The van der Waals surface area contributed by atoms with E-state index >= 15 is 0 Å². The number of alkyl halides is 3. The van der Waals surface area contributed by atoms with Gasteiger partial charge in [0.2, 0.25) is 11.8 Å². The second kappa shape index (κ2) is 13.7. The Morgan fingerprint density at radius 1 is 1.11 bits per heavy atom. The summed E-state index contributed by atoms with van der Waals surface area (Å²) in [7, 11) is 0. The minimum absolute atomic E-state index is 0.295. The molecule has 0 saturated carbocycles. The number of carbonyl (C=O) groups excluding carboxylic acids is 3. The molecule has 0 unspecified atom stereocenters. The van der Waals surface area contributed by atoms with Crippen LogP contribution in [0.2, 0.25) is 0 Å². The van der Waals surface area contributed by atoms with Crippen molar-refractivity contribution >= 4 is 40.7 Å². The predicted molar refractivity (Wildman–Crippen MR) is 157 cm³/mol. The van der Waals surface area contributed by atoms with Crippen molar-refractivity contribution < 1.29 is 37.5 Å². The fourth-order valence-corrected chi connectivity index (χ4v) is 4.56. The van der Waals surface area contributed by atoms with E-state index in [0.29, 0.717) is 35.9 Å². The van der Waals surface area contributed by atoms with Crippen LogP contribution in [0.4, 0.5) is 13.2 Å². The molecule has 11 nitrogen and oxygen atoms in total. The highest BCUT2D eigenvalue weighted by Gasteiger charge is 2.39. The zero-order chi connectivity index (χ0) is 33.0. The van der Waals surface area contributed by atoms with Crippen molar-refractivity contribution in [1.29, 1.82) is 0 Å². The summed E-state index contributed by atoms with van der Waals surface area (Å²) in [4.78, 5) is 54.7. The number of halogens is 3. The first-order valence-electron chi connectivity index (χ1n) is 14.2. The molecule has 0 aliphatic carbocycles. The molecule has 240 valence electrons. The Hall–Kier alpha value is -4.04. The van der Waals surface area contributed by atoms with Crippen LogP contribution < -0.4 is 21.8 Å². The zero-order valence-electron chi connectivity index (χ0n) is 25.2. The van der Waals surface area contributed by atoms with Crippen LogP contribution in [0.15, 0.2) is 36.4 Å². The van der Waals surface area contributed by atoms with Gasteiger partial charge in [0.1, 0.15) is 24.2 Å². The highest BCUT2D eigenvalue weighted by atomic mass is 19.4. The minimum atomic E-state index is -4.63. The van der Waals surface area contributed by atoms with Crippen molar-refractivity contribution in [2.24, 2.45) is 17.1 Å². The number of nitrogens with one attached hydrogen (secondary N) is 3. The Morgan fingerprint density at radius 2 is 1.77 bits per heavy atom. The summed E-state index contributed by atoms with van der Waals surface area (Å²) in [5.74, 6) is -2.96. The molecule has 14 heteroatoms. The van der Waals surface area contributed by atoms with Crippen molar-refractivity contribution in [2.45, 2.75) is 77.8 Å². The summed E-state index contributed by atoms with van der Waals surface area (Å²) < 4.78 is 39.2. The Kier molecular flexibility index (Phi) is 10.7. The van der Waals surface area contributed by atoms with Crippen molar-refractivity contribution in [1.82, 2.24) is 26.1 Å². The van der Waals surface area contributed by atoms with Crippen LogP contribution in [-0.2, 0) is 19.2 Å². The van der Waals surface area contributed by atoms with Crippen LogP contribution >= 0.6 is 0 Å². The summed E-state index contributed by atoms with van der Waals surface area (Å²) in [6.45, 7) is 8.54. The van der Waals surface area contributed by atoms with Gasteiger partial charge in [-0.1, -0.05) is 44.2 Å². The average molecular weight is 621 g/mol. The molecule has 6 N–H and O–H groups in total. The lowest BCUT2D eigenvalue weighted by Gasteiger charge is -2.34. The Bertz CT molecular complexity index is 1430. The van der Waals surface area contributed by atoms with Gasteiger partial charge in [0.05, 0.1) is 16.6 Å². The number of fused-ring (bicyclic) bond motifs is 1. The van der Waals surface area contributed by atoms with Crippen LogP contribution in [0.1, 0.15) is 64.8 Å². The molecule has 0 bridgehead atoms. The Balaban J connectivity index is 1.68. The van der Waals surface area contributed by atoms with Gasteiger partial charge >= 0.3 is 12.1 Å². The van der Waals surface area contributed by atoms with Gasteiger partial charge in [0.15, 0.2) is 0 Å². The molecule has 1 aliphatic heterocycles. The maximum atomic E-state index is 13.3. The third-order valence-electron chi connectivity index (χ3n) is 7.40. The first-order valence-corrected chi connectivity index (χ1v) is 14.2. The van der Waals surface area contributed by atoms with E-state index in [1.54, 1.807) is 58.0 Å². The molecule has 1 aliphatic rings. The summed E-state index contributed by atoms with van der Waals surface area (Å²) in [6, 6.07) is 2.68. The molecule has 2 aromatic rings. The normalized spacial score (nSPS) is 18.2. The van der Waals surface area contributed by atoms with Crippen LogP contribution in [0.25, 0.3) is 17.0 Å². The third-order valence-corrected chi connectivity index (χ3v) is 7.40. The monoisotopic (exact) mass is 620 g/mol. The highest BCUT2D eigenvalue weighted by Crippen LogP contribution is 2.30. The van der Waals surface area contributed by atoms with Crippen LogP contribution in [0, 0.1) is 11.3 Å². The van der Waals surface area contributed by atoms with Crippen molar-refractivity contribution in [3.63, 3.8) is 0 Å². The molecule has 1 aromatic carbocycles. The number of aliphatic carboxylic acids is 1. The number of aromatic nitrogens is 1. The van der Waals surface area contributed by atoms with Gasteiger partial charge in [-0.15, -0.1) is 0 Å². The van der Waals surface area contributed by atoms with E-state index in [-0.39, 0.29) is 11.6 Å². The van der Waals surface area contributed by atoms with Gasteiger partial charge in [-0.05, 0) is 57.2 Å². The number of pyridine rings is 1. The van der Waals surface area contributed by atoms with E-state index < -0.39 is 59.4 Å². The van der Waals surface area contributed by atoms with E-state index in [1.807, 2.05) is 0 Å². The fraction of sp³-hybridized carbons (Fsp3) is 0.500. The van der Waals surface area contributed by atoms with Gasteiger partial charge in [-0.3, -0.25) is 29.2 Å². The summed E-state index contributed by atoms with van der Waals surface area (Å²) in [5.41, 5.74) is 7.45. The number of hydrogen-bond acceptors (Lipinski definition) is 7. The molecule has 1 fully saturated rings. The number of hydrazine groups is 1. The summed E-state index contributed by atoms with van der Waals surface area (Å²) >= 11 is 0. The van der Waals surface area contributed by atoms with E-state index in [0.717, 1.165) is 0 Å². The van der Waals surface area contributed by atoms with Crippen LogP contribution in [0.3, 0.4) is 0 Å². The second-order valence-electron chi connectivity index (χ2n) is 11.8. The van der Waals surface area contributed by atoms with E-state index in [1.165, 1.54) is 24.1 Å². The first-order chi connectivity index (χ1) is 20.4. The molecular formula is C30H39F3N6O5. The van der Waals surface area contributed by atoms with Gasteiger partial charge in [-0.2, -0.15) is 13.2 Å². The molecule has 3 rings (SSSR count). The molecule has 1 aromatic heterocycles. The van der Waals surface area contributed by atoms with Gasteiger partial charge in [0, 0.05) is 11.9 Å². The number of amides is 3. The number of nitrogens with two attached hydrogens (primary N) is 1. The number of hydrogen-bond donors (Lipinski definition) is 5. The molecule has 44 heavy (non-hydrogen) atoms. The van der Waals surface area contributed by atoms with E-state index in [9.17, 15) is 37.5 Å². The van der Waals surface area contributed by atoms with Crippen molar-refractivity contribution in [3.8, 4) is 0 Å². The molecule has 0 spiro atoms. The Labute approximate surface area is 253 Å². The molecule has 2 heterocycles. The number of rotatable bonds is 10. The largest absolute Gasteiger partial charge is 0.480 e. The molecular weight excluding hydrogens is 581 g/mol. The predicted octanol–water partition coefficient (Wildman–Crippen LogP) is 3.06. The van der Waals surface area contributed by atoms with Crippen molar-refractivity contribution in [3.05, 3.63) is 47.7 Å². The maximum absolute atomic E-state index is 13.3. The smallest absolute Gasteiger partial charge is 0.409 e. The maximum Gasteiger partial charge on any atom is 0.409 e. The SMILES string of the molecule is CC(C)[C@H](NC(=O)C(C)(C)/C=C/c1ccc2ccc([C@H](N)C(F)(F)F)nc2c1)C(=O)N[C@@H](C)C(=O)N1CCC[C@@H](C(=O)O)N1. The average Bonchev–Trinajstić information content (AvgIpc) is 2.96. The van der Waals surface area contributed by atoms with Gasteiger partial charge < -0.3 is 21.5 Å². The molecule has 0 radical (unpaired) electrons. The quantitative estimate of drug-likeness (QED) is 0.270. The Morgan fingerprint density at radius 3 is 2.39 bits per heavy atom. The number of benzene rings is 1. The highest BCUT2D eigenvalue weighted by molar-refractivity contribution is 5.94. The summed E-state index contributed by atoms with van der Waals surface area (Å²) in [5, 5.41) is 16.4. The number of carboxylic acid groups (broad SMARTS) is 1. The number of nitrogens with zero attached hydrogens (tertiary/aromatic N) is 2. The molecule has 3 amide bonds. The number of carboxylic acids is 1.